The fourth-order valence-electron chi connectivity index (χ4n) is 2.95. The van der Waals surface area contributed by atoms with E-state index in [1.165, 1.54) is 0 Å². The van der Waals surface area contributed by atoms with E-state index in [0.29, 0.717) is 25.1 Å². The van der Waals surface area contributed by atoms with Gasteiger partial charge in [0, 0.05) is 23.8 Å². The average molecular weight is 392 g/mol. The molecular weight excluding hydrogens is 374 g/mol. The number of hydrogen-bond acceptors (Lipinski definition) is 3. The van der Waals surface area contributed by atoms with E-state index in [0.717, 1.165) is 10.2 Å². The van der Waals surface area contributed by atoms with Gasteiger partial charge in [0.1, 0.15) is 0 Å². The van der Waals surface area contributed by atoms with Gasteiger partial charge in [0.25, 0.3) is 5.91 Å². The third-order valence-electron chi connectivity index (χ3n) is 4.38. The zero-order valence-electron chi connectivity index (χ0n) is 13.3. The number of nitrogens with zero attached hydrogens (tertiary/aromatic N) is 3. The van der Waals surface area contributed by atoms with Crippen LogP contribution >= 0.6 is 15.9 Å². The third-order valence-corrected chi connectivity index (χ3v) is 4.87. The molecule has 0 aliphatic carbocycles. The average Bonchev–Trinajstić information content (AvgIpc) is 3.04. The maximum atomic E-state index is 12.7. The highest BCUT2D eigenvalue weighted by atomic mass is 79.9. The Bertz CT molecular complexity index is 789. The molecule has 24 heavy (non-hydrogen) atoms. The van der Waals surface area contributed by atoms with E-state index in [1.807, 2.05) is 24.3 Å². The fourth-order valence-corrected chi connectivity index (χ4v) is 3.34. The van der Waals surface area contributed by atoms with Gasteiger partial charge in [-0.3, -0.25) is 9.59 Å². The largest absolute Gasteiger partial charge is 0.481 e. The highest BCUT2D eigenvalue weighted by Gasteiger charge is 2.39. The molecule has 1 fully saturated rings. The molecule has 1 aliphatic heterocycles. The van der Waals surface area contributed by atoms with Crippen LogP contribution in [-0.2, 0) is 4.79 Å². The van der Waals surface area contributed by atoms with Crippen molar-refractivity contribution in [3.63, 3.8) is 0 Å². The number of aromatic nitrogens is 2. The van der Waals surface area contributed by atoms with Crippen molar-refractivity contribution in [3.05, 3.63) is 46.7 Å². The zero-order valence-corrected chi connectivity index (χ0v) is 14.9. The Balaban J connectivity index is 1.80. The molecule has 1 N–H and O–H groups in total. The van der Waals surface area contributed by atoms with Crippen LogP contribution < -0.4 is 0 Å². The topological polar surface area (TPSA) is 75.4 Å². The van der Waals surface area contributed by atoms with Crippen molar-refractivity contribution in [1.29, 1.82) is 0 Å². The summed E-state index contributed by atoms with van der Waals surface area (Å²) in [7, 11) is 0. The van der Waals surface area contributed by atoms with E-state index in [2.05, 4.69) is 21.0 Å². The Kier molecular flexibility index (Phi) is 4.45. The number of carbonyl (C=O) groups excluding carboxylic acids is 1. The summed E-state index contributed by atoms with van der Waals surface area (Å²) in [6.07, 6.45) is 2.99. The molecule has 0 bridgehead atoms. The van der Waals surface area contributed by atoms with Crippen LogP contribution in [0.3, 0.4) is 0 Å². The lowest BCUT2D eigenvalue weighted by Gasteiger charge is -2.37. The second-order valence-corrected chi connectivity index (χ2v) is 7.24. The quantitative estimate of drug-likeness (QED) is 0.872. The first-order chi connectivity index (χ1) is 11.4. The molecule has 7 heteroatoms. The Hall–Kier alpha value is -2.15. The number of carbonyl (C=O) groups is 2. The van der Waals surface area contributed by atoms with Crippen LogP contribution in [0.5, 0.6) is 0 Å². The van der Waals surface area contributed by atoms with Gasteiger partial charge >= 0.3 is 5.97 Å². The van der Waals surface area contributed by atoms with Crippen molar-refractivity contribution < 1.29 is 14.7 Å². The Morgan fingerprint density at radius 2 is 2.12 bits per heavy atom. The fraction of sp³-hybridized carbons (Fsp3) is 0.353. The molecule has 2 aromatic rings. The summed E-state index contributed by atoms with van der Waals surface area (Å²) < 4.78 is 2.56. The summed E-state index contributed by atoms with van der Waals surface area (Å²) in [4.78, 5) is 25.7. The highest BCUT2D eigenvalue weighted by molar-refractivity contribution is 9.10. The summed E-state index contributed by atoms with van der Waals surface area (Å²) in [5.41, 5.74) is 0.280. The predicted molar refractivity (Wildman–Crippen MR) is 92.1 cm³/mol. The van der Waals surface area contributed by atoms with E-state index in [-0.39, 0.29) is 12.5 Å². The summed E-state index contributed by atoms with van der Waals surface area (Å²) in [5, 5.41) is 13.7. The van der Waals surface area contributed by atoms with Crippen LogP contribution in [0.2, 0.25) is 0 Å². The summed E-state index contributed by atoms with van der Waals surface area (Å²) >= 11 is 3.41. The smallest absolute Gasteiger partial charge is 0.311 e. The van der Waals surface area contributed by atoms with Gasteiger partial charge in [0.05, 0.1) is 11.1 Å². The van der Waals surface area contributed by atoms with E-state index in [9.17, 15) is 14.7 Å². The number of amides is 1. The first kappa shape index (κ1) is 16.7. The van der Waals surface area contributed by atoms with Gasteiger partial charge in [-0.25, -0.2) is 4.68 Å². The predicted octanol–water partition coefficient (Wildman–Crippen LogP) is 2.96. The van der Waals surface area contributed by atoms with Gasteiger partial charge in [0.15, 0.2) is 5.69 Å². The van der Waals surface area contributed by atoms with Crippen molar-refractivity contribution in [2.75, 3.05) is 13.1 Å². The number of piperidine rings is 1. The number of aliphatic carboxylic acids is 1. The van der Waals surface area contributed by atoms with Crippen molar-refractivity contribution in [2.45, 2.75) is 19.8 Å². The number of carboxylic acids is 1. The molecule has 126 valence electrons. The van der Waals surface area contributed by atoms with Crippen LogP contribution in [0.25, 0.3) is 5.69 Å². The molecule has 3 rings (SSSR count). The number of rotatable bonds is 3. The van der Waals surface area contributed by atoms with Crippen molar-refractivity contribution >= 4 is 27.8 Å². The van der Waals surface area contributed by atoms with Gasteiger partial charge in [-0.1, -0.05) is 22.0 Å². The molecule has 1 saturated heterocycles. The molecule has 2 heterocycles. The molecule has 0 radical (unpaired) electrons. The molecule has 1 amide bonds. The first-order valence-electron chi connectivity index (χ1n) is 7.73. The lowest BCUT2D eigenvalue weighted by molar-refractivity contribution is -0.150. The Morgan fingerprint density at radius 3 is 2.83 bits per heavy atom. The van der Waals surface area contributed by atoms with Gasteiger partial charge in [-0.05, 0) is 44.0 Å². The summed E-state index contributed by atoms with van der Waals surface area (Å²) in [5.74, 6) is -1.09. The molecule has 6 nitrogen and oxygen atoms in total. The van der Waals surface area contributed by atoms with Crippen molar-refractivity contribution in [1.82, 2.24) is 14.7 Å². The monoisotopic (exact) mass is 391 g/mol. The second kappa shape index (κ2) is 6.39. The van der Waals surface area contributed by atoms with E-state index < -0.39 is 11.4 Å². The first-order valence-corrected chi connectivity index (χ1v) is 8.53. The van der Waals surface area contributed by atoms with Crippen LogP contribution in [0.1, 0.15) is 30.3 Å². The number of carboxylic acid groups (broad SMARTS) is 1. The van der Waals surface area contributed by atoms with Crippen molar-refractivity contribution in [3.8, 4) is 5.69 Å². The SMILES string of the molecule is CC1(C(=O)O)CCCN(C(=O)c2ccn(-c3cccc(Br)c3)n2)C1. The Labute approximate surface area is 148 Å². The van der Waals surface area contributed by atoms with Gasteiger partial charge in [0.2, 0.25) is 0 Å². The van der Waals surface area contributed by atoms with E-state index in [1.54, 1.807) is 28.8 Å². The van der Waals surface area contributed by atoms with Crippen LogP contribution in [0, 0.1) is 5.41 Å². The molecule has 1 aromatic heterocycles. The minimum absolute atomic E-state index is 0.213. The summed E-state index contributed by atoms with van der Waals surface area (Å²) in [6.45, 7) is 2.46. The standard InChI is InChI=1S/C17H18BrN3O3/c1-17(16(23)24)7-3-8-20(11-17)15(22)14-6-9-21(19-14)13-5-2-4-12(18)10-13/h2,4-6,9-10H,3,7-8,11H2,1H3,(H,23,24). The minimum Gasteiger partial charge on any atom is -0.481 e. The number of likely N-dealkylation sites (tertiary alicyclic amines) is 1. The molecule has 1 aliphatic rings. The number of halogens is 1. The molecular formula is C17H18BrN3O3. The highest BCUT2D eigenvalue weighted by Crippen LogP contribution is 2.30. The van der Waals surface area contributed by atoms with Crippen LogP contribution in [-0.4, -0.2) is 44.8 Å². The van der Waals surface area contributed by atoms with E-state index >= 15 is 0 Å². The van der Waals surface area contributed by atoms with Crippen LogP contribution in [0.4, 0.5) is 0 Å². The lowest BCUT2D eigenvalue weighted by Crippen LogP contribution is -2.48. The molecule has 0 saturated carbocycles. The normalized spacial score (nSPS) is 20.8. The van der Waals surface area contributed by atoms with Crippen LogP contribution in [0.15, 0.2) is 41.0 Å². The third kappa shape index (κ3) is 3.21. The molecule has 1 atom stereocenters. The maximum absolute atomic E-state index is 12.7. The van der Waals surface area contributed by atoms with Crippen molar-refractivity contribution in [2.24, 2.45) is 5.41 Å². The minimum atomic E-state index is -0.888. The molecule has 1 unspecified atom stereocenters. The van der Waals surface area contributed by atoms with Gasteiger partial charge in [-0.2, -0.15) is 5.10 Å². The Morgan fingerprint density at radius 1 is 1.33 bits per heavy atom. The van der Waals surface area contributed by atoms with E-state index in [4.69, 9.17) is 0 Å². The summed E-state index contributed by atoms with van der Waals surface area (Å²) in [6, 6.07) is 9.28. The maximum Gasteiger partial charge on any atom is 0.311 e. The molecule has 1 aromatic carbocycles. The molecule has 0 spiro atoms. The second-order valence-electron chi connectivity index (χ2n) is 6.32. The number of benzene rings is 1. The number of hydrogen-bond donors (Lipinski definition) is 1. The lowest BCUT2D eigenvalue weighted by atomic mass is 9.82. The van der Waals surface area contributed by atoms with Gasteiger partial charge in [-0.15, -0.1) is 0 Å². The van der Waals surface area contributed by atoms with Gasteiger partial charge < -0.3 is 10.0 Å². The zero-order chi connectivity index (χ0) is 17.3.